The summed E-state index contributed by atoms with van der Waals surface area (Å²) in [6.07, 6.45) is 4.70. The van der Waals surface area contributed by atoms with Crippen LogP contribution in [-0.2, 0) is 11.2 Å². The SMILES string of the molecule is CC1Cc2noc(=O)n2C2CC(CCC(=O)O)CCC12. The molecule has 4 unspecified atom stereocenters. The third kappa shape index (κ3) is 2.27. The van der Waals surface area contributed by atoms with Gasteiger partial charge >= 0.3 is 11.7 Å². The van der Waals surface area contributed by atoms with Crippen molar-refractivity contribution >= 4 is 5.97 Å². The predicted molar refractivity (Wildman–Crippen MR) is 70.4 cm³/mol. The van der Waals surface area contributed by atoms with E-state index in [1.165, 1.54) is 0 Å². The average Bonchev–Trinajstić information content (AvgIpc) is 2.78. The molecule has 6 nitrogen and oxygen atoms in total. The standard InChI is InChI=1S/C14H20N2O4/c1-8-6-12-15-20-14(19)16(12)11-7-9(2-4-10(8)11)3-5-13(17)18/h8-11H,2-7H2,1H3,(H,17,18). The number of aromatic nitrogens is 2. The summed E-state index contributed by atoms with van der Waals surface area (Å²) in [5.74, 6) is 1.02. The van der Waals surface area contributed by atoms with Crippen LogP contribution in [0.3, 0.4) is 0 Å². The molecule has 1 aromatic rings. The van der Waals surface area contributed by atoms with Gasteiger partial charge in [-0.05, 0) is 37.0 Å². The van der Waals surface area contributed by atoms with Gasteiger partial charge in [0.2, 0.25) is 0 Å². The first-order chi connectivity index (χ1) is 9.56. The molecule has 0 amide bonds. The molecule has 0 spiro atoms. The molecular weight excluding hydrogens is 260 g/mol. The molecule has 0 bridgehead atoms. The number of aliphatic carboxylic acids is 1. The van der Waals surface area contributed by atoms with Gasteiger partial charge in [-0.1, -0.05) is 18.5 Å². The third-order valence-corrected chi connectivity index (χ3v) is 5.01. The fourth-order valence-corrected chi connectivity index (χ4v) is 3.99. The van der Waals surface area contributed by atoms with Crippen molar-refractivity contribution in [1.82, 2.24) is 9.72 Å². The van der Waals surface area contributed by atoms with E-state index in [-0.39, 0.29) is 18.2 Å². The van der Waals surface area contributed by atoms with E-state index >= 15 is 0 Å². The average molecular weight is 280 g/mol. The molecule has 0 radical (unpaired) electrons. The number of fused-ring (bicyclic) bond motifs is 3. The zero-order valence-electron chi connectivity index (χ0n) is 11.6. The quantitative estimate of drug-likeness (QED) is 0.913. The lowest BCUT2D eigenvalue weighted by atomic mass is 9.69. The molecule has 1 saturated carbocycles. The highest BCUT2D eigenvalue weighted by Crippen LogP contribution is 2.45. The first-order valence-electron chi connectivity index (χ1n) is 7.35. The number of hydrogen-bond acceptors (Lipinski definition) is 4. The van der Waals surface area contributed by atoms with Crippen LogP contribution >= 0.6 is 0 Å². The molecule has 110 valence electrons. The van der Waals surface area contributed by atoms with E-state index in [1.54, 1.807) is 4.57 Å². The molecule has 2 aliphatic rings. The van der Waals surface area contributed by atoms with Crippen LogP contribution in [0, 0.1) is 17.8 Å². The number of rotatable bonds is 3. The fraction of sp³-hybridized carbons (Fsp3) is 0.786. The third-order valence-electron chi connectivity index (χ3n) is 5.01. The number of hydrogen-bond donors (Lipinski definition) is 1. The topological polar surface area (TPSA) is 85.3 Å². The summed E-state index contributed by atoms with van der Waals surface area (Å²) in [6, 6.07) is 0.139. The molecule has 0 aromatic carbocycles. The van der Waals surface area contributed by atoms with Crippen molar-refractivity contribution in [2.75, 3.05) is 0 Å². The Morgan fingerprint density at radius 2 is 2.30 bits per heavy atom. The van der Waals surface area contributed by atoms with Gasteiger partial charge in [0.1, 0.15) is 0 Å². The van der Waals surface area contributed by atoms with Crippen molar-refractivity contribution in [1.29, 1.82) is 0 Å². The van der Waals surface area contributed by atoms with E-state index in [0.717, 1.165) is 31.5 Å². The minimum absolute atomic E-state index is 0.139. The van der Waals surface area contributed by atoms with Crippen LogP contribution in [0.4, 0.5) is 0 Å². The molecule has 1 N–H and O–H groups in total. The Labute approximate surface area is 116 Å². The molecule has 1 fully saturated rings. The molecular formula is C14H20N2O4. The summed E-state index contributed by atoms with van der Waals surface area (Å²) in [7, 11) is 0. The maximum Gasteiger partial charge on any atom is 0.441 e. The number of carbonyl (C=O) groups is 1. The summed E-state index contributed by atoms with van der Waals surface area (Å²) < 4.78 is 6.53. The van der Waals surface area contributed by atoms with Gasteiger partial charge in [-0.2, -0.15) is 0 Å². The van der Waals surface area contributed by atoms with E-state index < -0.39 is 5.97 Å². The molecule has 1 aliphatic carbocycles. The lowest BCUT2D eigenvalue weighted by Gasteiger charge is -2.42. The zero-order valence-corrected chi connectivity index (χ0v) is 11.6. The van der Waals surface area contributed by atoms with Gasteiger partial charge in [0.15, 0.2) is 5.82 Å². The monoisotopic (exact) mass is 280 g/mol. The van der Waals surface area contributed by atoms with Crippen LogP contribution < -0.4 is 5.76 Å². The van der Waals surface area contributed by atoms with Gasteiger partial charge in [0.25, 0.3) is 0 Å². The van der Waals surface area contributed by atoms with Crippen molar-refractivity contribution in [3.05, 3.63) is 16.4 Å². The van der Waals surface area contributed by atoms with Crippen LogP contribution in [0.1, 0.15) is 50.9 Å². The molecule has 6 heteroatoms. The van der Waals surface area contributed by atoms with E-state index in [4.69, 9.17) is 9.63 Å². The molecule has 3 rings (SSSR count). The minimum atomic E-state index is -0.744. The molecule has 20 heavy (non-hydrogen) atoms. The Morgan fingerprint density at radius 1 is 1.50 bits per heavy atom. The molecule has 2 heterocycles. The second-order valence-electron chi connectivity index (χ2n) is 6.26. The number of nitrogens with zero attached hydrogens (tertiary/aromatic N) is 2. The van der Waals surface area contributed by atoms with E-state index in [9.17, 15) is 9.59 Å². The molecule has 1 aliphatic heterocycles. The van der Waals surface area contributed by atoms with Gasteiger partial charge in [-0.3, -0.25) is 13.9 Å². The largest absolute Gasteiger partial charge is 0.481 e. The Hall–Kier alpha value is -1.59. The lowest BCUT2D eigenvalue weighted by Crippen LogP contribution is -2.41. The maximum absolute atomic E-state index is 11.8. The van der Waals surface area contributed by atoms with Crippen molar-refractivity contribution in [3.63, 3.8) is 0 Å². The van der Waals surface area contributed by atoms with Gasteiger partial charge < -0.3 is 5.11 Å². The van der Waals surface area contributed by atoms with Crippen LogP contribution in [-0.4, -0.2) is 20.8 Å². The first-order valence-corrected chi connectivity index (χ1v) is 7.35. The minimum Gasteiger partial charge on any atom is -0.481 e. The summed E-state index contributed by atoms with van der Waals surface area (Å²) in [6.45, 7) is 2.21. The normalized spacial score (nSPS) is 32.5. The Balaban J connectivity index is 1.81. The number of carboxylic acid groups (broad SMARTS) is 1. The highest BCUT2D eigenvalue weighted by molar-refractivity contribution is 5.66. The summed E-state index contributed by atoms with van der Waals surface area (Å²) in [5, 5.41) is 12.7. The molecule has 4 atom stereocenters. The Morgan fingerprint density at radius 3 is 3.05 bits per heavy atom. The van der Waals surface area contributed by atoms with E-state index in [1.807, 2.05) is 0 Å². The van der Waals surface area contributed by atoms with E-state index in [0.29, 0.717) is 24.2 Å². The lowest BCUT2D eigenvalue weighted by molar-refractivity contribution is -0.137. The predicted octanol–water partition coefficient (Wildman–Crippen LogP) is 1.85. The van der Waals surface area contributed by atoms with Crippen molar-refractivity contribution in [2.45, 2.75) is 51.5 Å². The van der Waals surface area contributed by atoms with Crippen LogP contribution in [0.5, 0.6) is 0 Å². The smallest absolute Gasteiger partial charge is 0.441 e. The maximum atomic E-state index is 11.8. The molecule has 0 saturated heterocycles. The van der Waals surface area contributed by atoms with Gasteiger partial charge in [0.05, 0.1) is 0 Å². The Kier molecular flexibility index (Phi) is 3.40. The summed E-state index contributed by atoms with van der Waals surface area (Å²) in [5.41, 5.74) is 0. The van der Waals surface area contributed by atoms with Crippen molar-refractivity contribution < 1.29 is 14.4 Å². The second kappa shape index (κ2) is 5.07. The highest BCUT2D eigenvalue weighted by atomic mass is 16.5. The van der Waals surface area contributed by atoms with Crippen molar-refractivity contribution in [3.8, 4) is 0 Å². The zero-order chi connectivity index (χ0) is 14.3. The fourth-order valence-electron chi connectivity index (χ4n) is 3.99. The van der Waals surface area contributed by atoms with Crippen LogP contribution in [0.15, 0.2) is 9.32 Å². The molecule has 1 aromatic heterocycles. The van der Waals surface area contributed by atoms with Crippen LogP contribution in [0.25, 0.3) is 0 Å². The van der Waals surface area contributed by atoms with Gasteiger partial charge in [-0.15, -0.1) is 0 Å². The summed E-state index contributed by atoms with van der Waals surface area (Å²) >= 11 is 0. The first kappa shape index (κ1) is 13.4. The van der Waals surface area contributed by atoms with Gasteiger partial charge in [0, 0.05) is 18.9 Å². The van der Waals surface area contributed by atoms with Crippen LogP contribution in [0.2, 0.25) is 0 Å². The highest BCUT2D eigenvalue weighted by Gasteiger charge is 2.41. The van der Waals surface area contributed by atoms with E-state index in [2.05, 4.69) is 12.1 Å². The summed E-state index contributed by atoms with van der Waals surface area (Å²) in [4.78, 5) is 22.5. The second-order valence-corrected chi connectivity index (χ2v) is 6.26. The number of carboxylic acids is 1. The van der Waals surface area contributed by atoms with Gasteiger partial charge in [-0.25, -0.2) is 4.79 Å². The van der Waals surface area contributed by atoms with Crippen molar-refractivity contribution in [2.24, 2.45) is 17.8 Å². The Bertz CT molecular complexity index is 562.